The van der Waals surface area contributed by atoms with E-state index in [1.807, 2.05) is 42.5 Å². The number of rotatable bonds is 4. The maximum Gasteiger partial charge on any atom is 0.133 e. The van der Waals surface area contributed by atoms with Crippen LogP contribution in [0.3, 0.4) is 0 Å². The van der Waals surface area contributed by atoms with E-state index in [1.165, 1.54) is 23.3 Å². The van der Waals surface area contributed by atoms with Crippen molar-refractivity contribution in [3.63, 3.8) is 0 Å². The van der Waals surface area contributed by atoms with E-state index in [0.29, 0.717) is 0 Å². The van der Waals surface area contributed by atoms with Gasteiger partial charge in [0.1, 0.15) is 11.4 Å². The van der Waals surface area contributed by atoms with Crippen LogP contribution in [0.1, 0.15) is 25.5 Å². The van der Waals surface area contributed by atoms with E-state index >= 15 is 0 Å². The fourth-order valence-corrected chi connectivity index (χ4v) is 3.66. The minimum atomic E-state index is -0.525. The Labute approximate surface area is 141 Å². The predicted octanol–water partition coefficient (Wildman–Crippen LogP) is 5.02. The minimum Gasteiger partial charge on any atom is -0.375 e. The van der Waals surface area contributed by atoms with Gasteiger partial charge in [0.15, 0.2) is 0 Å². The van der Waals surface area contributed by atoms with Crippen molar-refractivity contribution in [1.82, 2.24) is 0 Å². The predicted molar refractivity (Wildman–Crippen MR) is 94.3 cm³/mol. The van der Waals surface area contributed by atoms with Crippen molar-refractivity contribution in [3.05, 3.63) is 89.3 Å². The second-order valence-corrected chi connectivity index (χ2v) is 6.49. The van der Waals surface area contributed by atoms with Gasteiger partial charge in [-0.1, -0.05) is 36.4 Å². The number of para-hydroxylation sites is 1. The summed E-state index contributed by atoms with van der Waals surface area (Å²) < 4.78 is 19.8. The van der Waals surface area contributed by atoms with E-state index in [-0.39, 0.29) is 18.0 Å². The van der Waals surface area contributed by atoms with Crippen LogP contribution >= 0.6 is 0 Å². The van der Waals surface area contributed by atoms with Gasteiger partial charge in [0, 0.05) is 5.69 Å². The number of fused-ring (bicyclic) bond motifs is 2. The Bertz CT molecular complexity index is 809. The highest BCUT2D eigenvalue weighted by atomic mass is 19.1. The van der Waals surface area contributed by atoms with Crippen molar-refractivity contribution in [1.29, 1.82) is 0 Å². The van der Waals surface area contributed by atoms with Crippen molar-refractivity contribution >= 4 is 5.69 Å². The Balaban J connectivity index is 1.79. The zero-order chi connectivity index (χ0) is 16.7. The number of hydrogen-bond donors (Lipinski definition) is 1. The molecular weight excluding hydrogens is 301 g/mol. The molecule has 4 rings (SSSR count). The standard InChI is InChI=1S/C21H20FNO/c1-14-15(2)21(13-12-19(14)24-21)20(16-8-10-17(22)11-9-16)23-18-6-4-3-5-7-18/h3-13,19-20,23H,1-2H3/t19-,20?,21?/m0/s1. The number of ether oxygens (including phenoxy) is 1. The van der Waals surface area contributed by atoms with Crippen LogP contribution in [0.5, 0.6) is 0 Å². The Morgan fingerprint density at radius 2 is 1.75 bits per heavy atom. The van der Waals surface area contributed by atoms with Crippen LogP contribution in [-0.4, -0.2) is 11.7 Å². The molecule has 122 valence electrons. The summed E-state index contributed by atoms with van der Waals surface area (Å²) in [6.45, 7) is 4.25. The summed E-state index contributed by atoms with van der Waals surface area (Å²) in [7, 11) is 0. The maximum absolute atomic E-state index is 13.4. The van der Waals surface area contributed by atoms with Crippen LogP contribution < -0.4 is 5.32 Å². The van der Waals surface area contributed by atoms with Crippen LogP contribution in [0.2, 0.25) is 0 Å². The zero-order valence-electron chi connectivity index (χ0n) is 13.8. The van der Waals surface area contributed by atoms with Gasteiger partial charge in [0.2, 0.25) is 0 Å². The summed E-state index contributed by atoms with van der Waals surface area (Å²) in [6.07, 6.45) is 4.31. The van der Waals surface area contributed by atoms with Crippen LogP contribution in [0.25, 0.3) is 0 Å². The molecule has 0 spiro atoms. The maximum atomic E-state index is 13.4. The first-order valence-electron chi connectivity index (χ1n) is 8.22. The molecule has 0 amide bonds. The van der Waals surface area contributed by atoms with Crippen LogP contribution in [0.4, 0.5) is 10.1 Å². The molecule has 2 aromatic carbocycles. The molecule has 2 aliphatic rings. The molecule has 2 unspecified atom stereocenters. The first-order chi connectivity index (χ1) is 11.6. The average molecular weight is 321 g/mol. The normalized spacial score (nSPS) is 26.0. The van der Waals surface area contributed by atoms with Gasteiger partial charge in [-0.25, -0.2) is 4.39 Å². The molecular formula is C21H20FNO. The van der Waals surface area contributed by atoms with E-state index in [2.05, 4.69) is 31.3 Å². The Kier molecular flexibility index (Phi) is 3.54. The molecule has 2 aromatic rings. The fourth-order valence-electron chi connectivity index (χ4n) is 3.66. The summed E-state index contributed by atoms with van der Waals surface area (Å²) in [5.41, 5.74) is 3.98. The van der Waals surface area contributed by atoms with Crippen LogP contribution in [0, 0.1) is 5.82 Å². The van der Waals surface area contributed by atoms with E-state index in [0.717, 1.165) is 11.3 Å². The minimum absolute atomic E-state index is 0.0468. The Morgan fingerprint density at radius 3 is 2.38 bits per heavy atom. The lowest BCUT2D eigenvalue weighted by Crippen LogP contribution is -2.39. The molecule has 2 nitrogen and oxygen atoms in total. The first-order valence-corrected chi connectivity index (χ1v) is 8.22. The Hall–Kier alpha value is -2.39. The van der Waals surface area contributed by atoms with Gasteiger partial charge in [0.05, 0.1) is 12.1 Å². The SMILES string of the molecule is CC1=C(C)C2(C(Nc3ccccc3)c3ccc(F)cc3)C=C[C@@H]1O2. The molecule has 0 aliphatic carbocycles. The number of anilines is 1. The molecule has 2 bridgehead atoms. The van der Waals surface area contributed by atoms with Crippen molar-refractivity contribution in [2.75, 3.05) is 5.32 Å². The molecule has 1 N–H and O–H groups in total. The molecule has 0 radical (unpaired) electrons. The molecule has 0 saturated heterocycles. The fraction of sp³-hybridized carbons (Fsp3) is 0.238. The van der Waals surface area contributed by atoms with Crippen molar-refractivity contribution < 1.29 is 9.13 Å². The van der Waals surface area contributed by atoms with Gasteiger partial charge >= 0.3 is 0 Å². The molecule has 3 heteroatoms. The highest BCUT2D eigenvalue weighted by Gasteiger charge is 2.51. The molecule has 0 saturated carbocycles. The average Bonchev–Trinajstić information content (AvgIpc) is 3.15. The second-order valence-electron chi connectivity index (χ2n) is 6.49. The lowest BCUT2D eigenvalue weighted by atomic mass is 9.80. The monoisotopic (exact) mass is 321 g/mol. The number of nitrogens with one attached hydrogen (secondary N) is 1. The third-order valence-corrected chi connectivity index (χ3v) is 5.16. The van der Waals surface area contributed by atoms with E-state index in [4.69, 9.17) is 4.74 Å². The molecule has 24 heavy (non-hydrogen) atoms. The van der Waals surface area contributed by atoms with Crippen molar-refractivity contribution in [2.45, 2.75) is 31.6 Å². The molecule has 2 heterocycles. The largest absolute Gasteiger partial charge is 0.375 e. The third-order valence-electron chi connectivity index (χ3n) is 5.16. The number of hydrogen-bond acceptors (Lipinski definition) is 2. The van der Waals surface area contributed by atoms with Gasteiger partial charge < -0.3 is 10.1 Å². The quantitative estimate of drug-likeness (QED) is 0.798. The van der Waals surface area contributed by atoms with Crippen molar-refractivity contribution in [3.8, 4) is 0 Å². The lowest BCUT2D eigenvalue weighted by Gasteiger charge is -2.36. The van der Waals surface area contributed by atoms with Gasteiger partial charge in [-0.05, 0) is 60.9 Å². The molecule has 0 aromatic heterocycles. The summed E-state index contributed by atoms with van der Waals surface area (Å²) >= 11 is 0. The number of halogens is 1. The van der Waals surface area contributed by atoms with Crippen LogP contribution in [-0.2, 0) is 4.74 Å². The molecule has 3 atom stereocenters. The van der Waals surface area contributed by atoms with Gasteiger partial charge in [0.25, 0.3) is 0 Å². The van der Waals surface area contributed by atoms with Crippen LogP contribution in [0.15, 0.2) is 77.9 Å². The second kappa shape index (κ2) is 5.60. The number of benzene rings is 2. The van der Waals surface area contributed by atoms with E-state index < -0.39 is 5.60 Å². The smallest absolute Gasteiger partial charge is 0.133 e. The molecule has 2 aliphatic heterocycles. The van der Waals surface area contributed by atoms with E-state index in [1.54, 1.807) is 0 Å². The summed E-state index contributed by atoms with van der Waals surface area (Å²) in [5, 5.41) is 3.59. The first kappa shape index (κ1) is 15.2. The summed E-state index contributed by atoms with van der Waals surface area (Å²) in [5.74, 6) is -0.231. The summed E-state index contributed by atoms with van der Waals surface area (Å²) in [6, 6.07) is 16.6. The van der Waals surface area contributed by atoms with Crippen molar-refractivity contribution in [2.24, 2.45) is 0 Å². The Morgan fingerprint density at radius 1 is 1.04 bits per heavy atom. The zero-order valence-corrected chi connectivity index (χ0v) is 13.8. The van der Waals surface area contributed by atoms with Gasteiger partial charge in [-0.3, -0.25) is 0 Å². The highest BCUT2D eigenvalue weighted by Crippen LogP contribution is 2.50. The summed E-state index contributed by atoms with van der Waals surface area (Å²) in [4.78, 5) is 0. The topological polar surface area (TPSA) is 21.3 Å². The van der Waals surface area contributed by atoms with Gasteiger partial charge in [-0.15, -0.1) is 0 Å². The van der Waals surface area contributed by atoms with E-state index in [9.17, 15) is 4.39 Å². The molecule has 0 fully saturated rings. The third kappa shape index (κ3) is 2.28. The highest BCUT2D eigenvalue weighted by molar-refractivity contribution is 5.53. The lowest BCUT2D eigenvalue weighted by molar-refractivity contribution is 0.0273. The van der Waals surface area contributed by atoms with Gasteiger partial charge in [-0.2, -0.15) is 0 Å².